The molecular weight excluding hydrogens is 423 g/mol. The van der Waals surface area contributed by atoms with E-state index in [2.05, 4.69) is 27.1 Å². The Balaban J connectivity index is 1.67. The highest BCUT2D eigenvalue weighted by Crippen LogP contribution is 2.22. The Morgan fingerprint density at radius 3 is 2.55 bits per heavy atom. The summed E-state index contributed by atoms with van der Waals surface area (Å²) < 4.78 is 44.2. The topological polar surface area (TPSA) is 91.0 Å². The molecule has 11 heteroatoms. The fourth-order valence-corrected chi connectivity index (χ4v) is 4.88. The maximum absolute atomic E-state index is 14.4. The Labute approximate surface area is 175 Å². The van der Waals surface area contributed by atoms with Gasteiger partial charge in [0.25, 0.3) is 5.91 Å². The molecule has 0 bridgehead atoms. The Bertz CT molecular complexity index is 841. The van der Waals surface area contributed by atoms with Crippen LogP contribution >= 0.6 is 11.6 Å². The van der Waals surface area contributed by atoms with Crippen LogP contribution in [0.15, 0.2) is 12.1 Å². The Kier molecular flexibility index (Phi) is 7.47. The van der Waals surface area contributed by atoms with Gasteiger partial charge in [0.1, 0.15) is 0 Å². The van der Waals surface area contributed by atoms with Gasteiger partial charge < -0.3 is 9.64 Å². The average molecular weight is 449 g/mol. The highest BCUT2D eigenvalue weighted by Gasteiger charge is 2.28. The summed E-state index contributed by atoms with van der Waals surface area (Å²) in [6.45, 7) is 4.79. The highest BCUT2D eigenvalue weighted by molar-refractivity contribution is 7.90. The van der Waals surface area contributed by atoms with Gasteiger partial charge in [-0.15, -0.1) is 4.83 Å². The molecule has 2 heterocycles. The first-order valence-corrected chi connectivity index (χ1v) is 11.5. The first-order chi connectivity index (χ1) is 13.8. The van der Waals surface area contributed by atoms with Crippen LogP contribution in [0.2, 0.25) is 5.02 Å². The van der Waals surface area contributed by atoms with E-state index >= 15 is 0 Å². The van der Waals surface area contributed by atoms with Crippen LogP contribution in [0.5, 0.6) is 0 Å². The van der Waals surface area contributed by atoms with Crippen molar-refractivity contribution in [3.8, 4) is 0 Å². The van der Waals surface area contributed by atoms with E-state index in [4.69, 9.17) is 16.3 Å². The number of nitrogens with zero attached hydrogens (tertiary/aromatic N) is 2. The molecule has 2 N–H and O–H groups in total. The van der Waals surface area contributed by atoms with Crippen molar-refractivity contribution in [2.45, 2.75) is 24.6 Å². The van der Waals surface area contributed by atoms with Crippen molar-refractivity contribution in [1.29, 1.82) is 0 Å². The minimum absolute atomic E-state index is 0.172. The van der Waals surface area contributed by atoms with Crippen LogP contribution in [0.4, 0.5) is 4.39 Å². The molecule has 0 radical (unpaired) electrons. The maximum Gasteiger partial charge on any atom is 0.269 e. The predicted molar refractivity (Wildman–Crippen MR) is 108 cm³/mol. The van der Waals surface area contributed by atoms with Gasteiger partial charge in [-0.2, -0.15) is 0 Å². The van der Waals surface area contributed by atoms with Gasteiger partial charge in [-0.1, -0.05) is 11.6 Å². The third kappa shape index (κ3) is 5.87. The average Bonchev–Trinajstić information content (AvgIpc) is 2.71. The molecule has 2 fully saturated rings. The SMILES string of the molecule is CN1CCN(Cc2cc(Cl)c(F)c(C(=O)NNS(=O)(=O)C3CCOCC3)c2)CC1. The summed E-state index contributed by atoms with van der Waals surface area (Å²) in [5.41, 5.74) is 2.50. The molecule has 0 aromatic heterocycles. The van der Waals surface area contributed by atoms with Gasteiger partial charge in [0, 0.05) is 45.9 Å². The van der Waals surface area contributed by atoms with Crippen LogP contribution in [-0.2, 0) is 21.3 Å². The number of piperazine rings is 1. The Hall–Kier alpha value is -1.30. The second-order valence-electron chi connectivity index (χ2n) is 7.43. The zero-order chi connectivity index (χ0) is 21.0. The summed E-state index contributed by atoms with van der Waals surface area (Å²) in [6.07, 6.45) is 0.678. The number of rotatable bonds is 6. The first kappa shape index (κ1) is 22.4. The molecule has 1 amide bonds. The second-order valence-corrected chi connectivity index (χ2v) is 9.80. The van der Waals surface area contributed by atoms with E-state index in [-0.39, 0.29) is 10.6 Å². The van der Waals surface area contributed by atoms with Gasteiger partial charge in [-0.25, -0.2) is 12.8 Å². The maximum atomic E-state index is 14.4. The standard InChI is InChI=1S/C18H26ClFN4O4S/c1-23-4-6-24(7-5-23)12-13-10-15(17(20)16(19)11-13)18(25)21-22-29(26,27)14-2-8-28-9-3-14/h10-11,14,22H,2-9,12H2,1H3,(H,21,25). The minimum Gasteiger partial charge on any atom is -0.381 e. The van der Waals surface area contributed by atoms with Crippen LogP contribution in [0.3, 0.4) is 0 Å². The van der Waals surface area contributed by atoms with Crippen LogP contribution in [-0.4, -0.2) is 75.8 Å². The van der Waals surface area contributed by atoms with Gasteiger partial charge in [-0.3, -0.25) is 15.1 Å². The minimum atomic E-state index is -3.78. The molecule has 2 saturated heterocycles. The lowest BCUT2D eigenvalue weighted by Gasteiger charge is -2.32. The number of sulfonamides is 1. The van der Waals surface area contributed by atoms with Crippen LogP contribution in [0.1, 0.15) is 28.8 Å². The summed E-state index contributed by atoms with van der Waals surface area (Å²) in [6, 6.07) is 2.91. The van der Waals surface area contributed by atoms with Crippen molar-refractivity contribution in [2.75, 3.05) is 46.4 Å². The monoisotopic (exact) mass is 448 g/mol. The van der Waals surface area contributed by atoms with E-state index in [1.54, 1.807) is 0 Å². The first-order valence-electron chi connectivity index (χ1n) is 9.54. The van der Waals surface area contributed by atoms with Crippen molar-refractivity contribution in [3.63, 3.8) is 0 Å². The molecule has 2 aliphatic heterocycles. The number of benzene rings is 1. The van der Waals surface area contributed by atoms with Crippen molar-refractivity contribution in [1.82, 2.24) is 20.1 Å². The molecule has 1 aromatic rings. The lowest BCUT2D eigenvalue weighted by Crippen LogP contribution is -2.47. The van der Waals surface area contributed by atoms with E-state index in [0.29, 0.717) is 38.2 Å². The second kappa shape index (κ2) is 9.67. The number of hydrogen-bond donors (Lipinski definition) is 2. The van der Waals surface area contributed by atoms with E-state index in [1.807, 2.05) is 0 Å². The fourth-order valence-electron chi connectivity index (χ4n) is 3.42. The number of hydrazine groups is 1. The van der Waals surface area contributed by atoms with E-state index < -0.39 is 27.0 Å². The van der Waals surface area contributed by atoms with Crippen molar-refractivity contribution >= 4 is 27.5 Å². The lowest BCUT2D eigenvalue weighted by atomic mass is 10.1. The number of ether oxygens (including phenoxy) is 1. The number of halogens is 2. The summed E-state index contributed by atoms with van der Waals surface area (Å²) in [4.78, 5) is 18.9. The number of hydrogen-bond acceptors (Lipinski definition) is 6. The smallest absolute Gasteiger partial charge is 0.269 e. The zero-order valence-electron chi connectivity index (χ0n) is 16.3. The van der Waals surface area contributed by atoms with Gasteiger partial charge in [0.15, 0.2) is 5.82 Å². The van der Waals surface area contributed by atoms with Crippen LogP contribution in [0, 0.1) is 5.82 Å². The largest absolute Gasteiger partial charge is 0.381 e. The molecule has 0 atom stereocenters. The Morgan fingerprint density at radius 2 is 1.90 bits per heavy atom. The van der Waals surface area contributed by atoms with Gasteiger partial charge in [-0.05, 0) is 37.6 Å². The Morgan fingerprint density at radius 1 is 1.24 bits per heavy atom. The van der Waals surface area contributed by atoms with Gasteiger partial charge in [0.05, 0.1) is 15.8 Å². The summed E-state index contributed by atoms with van der Waals surface area (Å²) >= 11 is 5.98. The fraction of sp³-hybridized carbons (Fsp3) is 0.611. The number of nitrogens with one attached hydrogen (secondary N) is 2. The van der Waals surface area contributed by atoms with Gasteiger partial charge in [0.2, 0.25) is 10.0 Å². The van der Waals surface area contributed by atoms with E-state index in [0.717, 1.165) is 26.2 Å². The number of carbonyl (C=O) groups is 1. The number of carbonyl (C=O) groups excluding carboxylic acids is 1. The molecule has 0 saturated carbocycles. The molecule has 1 aromatic carbocycles. The van der Waals surface area contributed by atoms with Crippen LogP contribution < -0.4 is 10.3 Å². The summed E-state index contributed by atoms with van der Waals surface area (Å²) in [5, 5.41) is -0.831. The third-order valence-corrected chi connectivity index (χ3v) is 7.26. The quantitative estimate of drug-likeness (QED) is 0.630. The van der Waals surface area contributed by atoms with Gasteiger partial charge >= 0.3 is 0 Å². The lowest BCUT2D eigenvalue weighted by molar-refractivity contribution is 0.0934. The third-order valence-electron chi connectivity index (χ3n) is 5.25. The van der Waals surface area contributed by atoms with E-state index in [1.165, 1.54) is 12.1 Å². The summed E-state index contributed by atoms with van der Waals surface area (Å²) in [7, 11) is -1.73. The molecule has 0 spiro atoms. The molecule has 29 heavy (non-hydrogen) atoms. The summed E-state index contributed by atoms with van der Waals surface area (Å²) in [5.74, 6) is -1.77. The highest BCUT2D eigenvalue weighted by atomic mass is 35.5. The normalized spacial score (nSPS) is 20.0. The molecule has 2 aliphatic rings. The molecule has 0 aliphatic carbocycles. The molecular formula is C18H26ClFN4O4S. The molecule has 162 valence electrons. The number of amides is 1. The van der Waals surface area contributed by atoms with Crippen molar-refractivity contribution in [2.24, 2.45) is 0 Å². The van der Waals surface area contributed by atoms with Crippen LogP contribution in [0.25, 0.3) is 0 Å². The van der Waals surface area contributed by atoms with Crippen molar-refractivity contribution < 1.29 is 22.3 Å². The number of likely N-dealkylation sites (N-methyl/N-ethyl adjacent to an activating group) is 1. The predicted octanol–water partition coefficient (Wildman–Crippen LogP) is 0.970. The van der Waals surface area contributed by atoms with E-state index in [9.17, 15) is 17.6 Å². The molecule has 0 unspecified atom stereocenters. The molecule has 8 nitrogen and oxygen atoms in total. The van der Waals surface area contributed by atoms with Crippen molar-refractivity contribution in [3.05, 3.63) is 34.1 Å². The molecule has 3 rings (SSSR count). The zero-order valence-corrected chi connectivity index (χ0v) is 17.9.